The Morgan fingerprint density at radius 3 is 2.52 bits per heavy atom. The fourth-order valence-corrected chi connectivity index (χ4v) is 3.06. The first kappa shape index (κ1) is 18.7. The molecule has 0 aliphatic carbocycles. The second kappa shape index (κ2) is 8.53. The molecule has 1 N–H and O–H groups in total. The summed E-state index contributed by atoms with van der Waals surface area (Å²) in [5, 5.41) is 2.69. The second-order valence-corrected chi connectivity index (χ2v) is 6.27. The van der Waals surface area contributed by atoms with Gasteiger partial charge in [-0.3, -0.25) is 14.6 Å². The van der Waals surface area contributed by atoms with Crippen molar-refractivity contribution in [2.45, 2.75) is 12.8 Å². The van der Waals surface area contributed by atoms with Crippen molar-refractivity contribution in [1.29, 1.82) is 0 Å². The van der Waals surface area contributed by atoms with Crippen LogP contribution in [0.3, 0.4) is 0 Å². The predicted molar refractivity (Wildman–Crippen MR) is 101 cm³/mol. The average molecular weight is 369 g/mol. The van der Waals surface area contributed by atoms with Gasteiger partial charge in [-0.05, 0) is 43.2 Å². The van der Waals surface area contributed by atoms with E-state index < -0.39 is 0 Å². The SMILES string of the molecule is COc1ccc(-c2cc(C(=O)NCC(=O)N3CCCC3)ccn2)cc1OC. The van der Waals surface area contributed by atoms with Crippen molar-refractivity contribution in [2.75, 3.05) is 33.9 Å². The number of rotatable bonds is 6. The highest BCUT2D eigenvalue weighted by molar-refractivity contribution is 5.97. The number of ether oxygens (including phenoxy) is 2. The van der Waals surface area contributed by atoms with E-state index in [1.807, 2.05) is 6.07 Å². The van der Waals surface area contributed by atoms with Gasteiger partial charge in [0.1, 0.15) is 0 Å². The zero-order chi connectivity index (χ0) is 19.2. The number of hydrogen-bond donors (Lipinski definition) is 1. The third-order valence-electron chi connectivity index (χ3n) is 4.56. The number of carbonyl (C=O) groups is 2. The van der Waals surface area contributed by atoms with Crippen LogP contribution in [0.4, 0.5) is 0 Å². The summed E-state index contributed by atoms with van der Waals surface area (Å²) in [5.41, 5.74) is 1.88. The van der Waals surface area contributed by atoms with Gasteiger partial charge in [-0.2, -0.15) is 0 Å². The first-order valence-electron chi connectivity index (χ1n) is 8.87. The number of benzene rings is 1. The number of aromatic nitrogens is 1. The van der Waals surface area contributed by atoms with Crippen molar-refractivity contribution in [2.24, 2.45) is 0 Å². The van der Waals surface area contributed by atoms with Crippen LogP contribution in [0.2, 0.25) is 0 Å². The molecule has 0 spiro atoms. The van der Waals surface area contributed by atoms with E-state index >= 15 is 0 Å². The number of methoxy groups -OCH3 is 2. The Kier molecular flexibility index (Phi) is 5.90. The van der Waals surface area contributed by atoms with Crippen LogP contribution in [-0.4, -0.2) is 55.6 Å². The second-order valence-electron chi connectivity index (χ2n) is 6.27. The molecule has 1 aliphatic rings. The van der Waals surface area contributed by atoms with Gasteiger partial charge in [-0.1, -0.05) is 0 Å². The molecule has 1 saturated heterocycles. The lowest BCUT2D eigenvalue weighted by molar-refractivity contribution is -0.129. The Morgan fingerprint density at radius 2 is 1.81 bits per heavy atom. The number of nitrogens with one attached hydrogen (secondary N) is 1. The fraction of sp³-hybridized carbons (Fsp3) is 0.350. The largest absolute Gasteiger partial charge is 0.493 e. The van der Waals surface area contributed by atoms with E-state index in [-0.39, 0.29) is 18.4 Å². The zero-order valence-corrected chi connectivity index (χ0v) is 15.5. The molecule has 27 heavy (non-hydrogen) atoms. The summed E-state index contributed by atoms with van der Waals surface area (Å²) in [5.74, 6) is 0.861. The van der Waals surface area contributed by atoms with E-state index in [4.69, 9.17) is 9.47 Å². The van der Waals surface area contributed by atoms with Gasteiger partial charge in [0.05, 0.1) is 26.5 Å². The fourth-order valence-electron chi connectivity index (χ4n) is 3.06. The molecule has 3 rings (SSSR count). The van der Waals surface area contributed by atoms with E-state index in [1.54, 1.807) is 49.6 Å². The first-order valence-corrected chi connectivity index (χ1v) is 8.87. The summed E-state index contributed by atoms with van der Waals surface area (Å²) in [6, 6.07) is 8.76. The van der Waals surface area contributed by atoms with Crippen LogP contribution < -0.4 is 14.8 Å². The number of hydrogen-bond acceptors (Lipinski definition) is 5. The molecule has 0 saturated carbocycles. The van der Waals surface area contributed by atoms with Crippen molar-refractivity contribution in [1.82, 2.24) is 15.2 Å². The van der Waals surface area contributed by atoms with E-state index in [9.17, 15) is 9.59 Å². The minimum atomic E-state index is -0.299. The Balaban J connectivity index is 1.71. The lowest BCUT2D eigenvalue weighted by Gasteiger charge is -2.15. The molecular formula is C20H23N3O4. The van der Waals surface area contributed by atoms with Crippen molar-refractivity contribution < 1.29 is 19.1 Å². The lowest BCUT2D eigenvalue weighted by Crippen LogP contribution is -2.38. The Hall–Kier alpha value is -3.09. The van der Waals surface area contributed by atoms with Gasteiger partial charge in [0, 0.05) is 30.4 Å². The van der Waals surface area contributed by atoms with Gasteiger partial charge >= 0.3 is 0 Å². The van der Waals surface area contributed by atoms with Gasteiger partial charge in [0.2, 0.25) is 5.91 Å². The van der Waals surface area contributed by atoms with Crippen LogP contribution in [0, 0.1) is 0 Å². The molecule has 0 atom stereocenters. The number of nitrogens with zero attached hydrogens (tertiary/aromatic N) is 2. The van der Waals surface area contributed by atoms with Crippen LogP contribution in [0.1, 0.15) is 23.2 Å². The topological polar surface area (TPSA) is 80.8 Å². The summed E-state index contributed by atoms with van der Waals surface area (Å²) in [6.07, 6.45) is 3.63. The highest BCUT2D eigenvalue weighted by atomic mass is 16.5. The molecule has 1 aromatic carbocycles. The van der Waals surface area contributed by atoms with Gasteiger partial charge in [0.25, 0.3) is 5.91 Å². The van der Waals surface area contributed by atoms with Gasteiger partial charge in [-0.15, -0.1) is 0 Å². The average Bonchev–Trinajstić information content (AvgIpc) is 3.26. The maximum Gasteiger partial charge on any atom is 0.251 e. The molecular weight excluding hydrogens is 346 g/mol. The standard InChI is InChI=1S/C20H23N3O4/c1-26-17-6-5-14(12-18(17)27-2)16-11-15(7-8-21-16)20(25)22-13-19(24)23-9-3-4-10-23/h5-8,11-12H,3-4,9-10,13H2,1-2H3,(H,22,25). The van der Waals surface area contributed by atoms with E-state index in [0.717, 1.165) is 31.5 Å². The van der Waals surface area contributed by atoms with E-state index in [0.29, 0.717) is 22.8 Å². The maximum atomic E-state index is 12.4. The molecule has 1 fully saturated rings. The molecule has 142 valence electrons. The van der Waals surface area contributed by atoms with Crippen molar-refractivity contribution in [3.63, 3.8) is 0 Å². The number of amides is 2. The molecule has 7 heteroatoms. The summed E-state index contributed by atoms with van der Waals surface area (Å²) >= 11 is 0. The third-order valence-corrected chi connectivity index (χ3v) is 4.56. The molecule has 0 radical (unpaired) electrons. The van der Waals surface area contributed by atoms with Crippen LogP contribution in [0.25, 0.3) is 11.3 Å². The highest BCUT2D eigenvalue weighted by Gasteiger charge is 2.18. The molecule has 2 aromatic rings. The first-order chi connectivity index (χ1) is 13.1. The quantitative estimate of drug-likeness (QED) is 0.844. The minimum Gasteiger partial charge on any atom is -0.493 e. The monoisotopic (exact) mass is 369 g/mol. The molecule has 2 amide bonds. The molecule has 1 aromatic heterocycles. The van der Waals surface area contributed by atoms with Gasteiger partial charge in [0.15, 0.2) is 11.5 Å². The smallest absolute Gasteiger partial charge is 0.251 e. The summed E-state index contributed by atoms with van der Waals surface area (Å²) in [4.78, 5) is 30.6. The highest BCUT2D eigenvalue weighted by Crippen LogP contribution is 2.31. The van der Waals surface area contributed by atoms with Crippen LogP contribution in [0.15, 0.2) is 36.5 Å². The molecule has 0 unspecified atom stereocenters. The molecule has 2 heterocycles. The van der Waals surface area contributed by atoms with Crippen LogP contribution in [-0.2, 0) is 4.79 Å². The Morgan fingerprint density at radius 1 is 1.07 bits per heavy atom. The third kappa shape index (κ3) is 4.36. The van der Waals surface area contributed by atoms with Gasteiger partial charge in [-0.25, -0.2) is 0 Å². The Labute approximate surface area is 158 Å². The summed E-state index contributed by atoms with van der Waals surface area (Å²) in [6.45, 7) is 1.55. The number of pyridine rings is 1. The molecule has 1 aliphatic heterocycles. The maximum absolute atomic E-state index is 12.4. The zero-order valence-electron chi connectivity index (χ0n) is 15.5. The molecule has 7 nitrogen and oxygen atoms in total. The predicted octanol–water partition coefficient (Wildman–Crippen LogP) is 2.12. The van der Waals surface area contributed by atoms with Crippen molar-refractivity contribution in [3.8, 4) is 22.8 Å². The molecule has 0 bridgehead atoms. The van der Waals surface area contributed by atoms with Crippen LogP contribution >= 0.6 is 0 Å². The van der Waals surface area contributed by atoms with Crippen molar-refractivity contribution in [3.05, 3.63) is 42.1 Å². The minimum absolute atomic E-state index is 0.00679. The summed E-state index contributed by atoms with van der Waals surface area (Å²) in [7, 11) is 3.14. The summed E-state index contributed by atoms with van der Waals surface area (Å²) < 4.78 is 10.6. The number of carbonyl (C=O) groups excluding carboxylic acids is 2. The van der Waals surface area contributed by atoms with E-state index in [1.165, 1.54) is 0 Å². The van der Waals surface area contributed by atoms with E-state index in [2.05, 4.69) is 10.3 Å². The van der Waals surface area contributed by atoms with Crippen LogP contribution in [0.5, 0.6) is 11.5 Å². The lowest BCUT2D eigenvalue weighted by atomic mass is 10.1. The number of likely N-dealkylation sites (tertiary alicyclic amines) is 1. The van der Waals surface area contributed by atoms with Crippen molar-refractivity contribution >= 4 is 11.8 Å². The Bertz CT molecular complexity index is 832. The normalized spacial score (nSPS) is 13.3. The van der Waals surface area contributed by atoms with Gasteiger partial charge < -0.3 is 19.7 Å².